The monoisotopic (exact) mass is 351 g/mol. The largest absolute Gasteiger partial charge is 0.493 e. The summed E-state index contributed by atoms with van der Waals surface area (Å²) < 4.78 is 15.9. The molecule has 1 N–H and O–H groups in total. The molecule has 1 fully saturated rings. The molecule has 1 aromatic rings. The molecule has 0 bridgehead atoms. The van der Waals surface area contributed by atoms with Crippen molar-refractivity contribution >= 4 is 11.9 Å². The van der Waals surface area contributed by atoms with Crippen molar-refractivity contribution in [2.24, 2.45) is 0 Å². The summed E-state index contributed by atoms with van der Waals surface area (Å²) in [5.41, 5.74) is 0.863. The molecule has 7 nitrogen and oxygen atoms in total. The second kappa shape index (κ2) is 8.09. The fourth-order valence-corrected chi connectivity index (χ4v) is 2.87. The first-order chi connectivity index (χ1) is 11.9. The summed E-state index contributed by atoms with van der Waals surface area (Å²) in [7, 11) is 4.61. The van der Waals surface area contributed by atoms with Gasteiger partial charge in [-0.1, -0.05) is 0 Å². The van der Waals surface area contributed by atoms with Gasteiger partial charge in [-0.3, -0.25) is 4.79 Å². The number of carbonyl (C=O) groups is 2. The van der Waals surface area contributed by atoms with Crippen molar-refractivity contribution in [3.8, 4) is 17.2 Å². The highest BCUT2D eigenvalue weighted by molar-refractivity contribution is 5.84. The Morgan fingerprint density at radius 3 is 2.12 bits per heavy atom. The zero-order valence-electron chi connectivity index (χ0n) is 15.1. The summed E-state index contributed by atoms with van der Waals surface area (Å²) in [6, 6.07) is 2.85. The SMILES string of the molecule is COc1cc(CCC(=O)N(C2CC2)C(C)C(=O)O)cc(OC)c1OC. The van der Waals surface area contributed by atoms with Gasteiger partial charge < -0.3 is 24.2 Å². The molecule has 0 aliphatic heterocycles. The number of methoxy groups -OCH3 is 3. The molecular weight excluding hydrogens is 326 g/mol. The number of ether oxygens (including phenoxy) is 3. The number of hydrogen-bond acceptors (Lipinski definition) is 5. The van der Waals surface area contributed by atoms with E-state index in [0.29, 0.717) is 23.7 Å². The van der Waals surface area contributed by atoms with Crippen molar-refractivity contribution in [3.05, 3.63) is 17.7 Å². The number of aryl methyl sites for hydroxylation is 1. The van der Waals surface area contributed by atoms with E-state index in [1.54, 1.807) is 19.1 Å². The van der Waals surface area contributed by atoms with Crippen LogP contribution in [0.3, 0.4) is 0 Å². The summed E-state index contributed by atoms with van der Waals surface area (Å²) in [6.45, 7) is 1.55. The molecule has 1 saturated carbocycles. The molecular formula is C18H25NO6. The van der Waals surface area contributed by atoms with Crippen LogP contribution in [0.15, 0.2) is 12.1 Å². The maximum absolute atomic E-state index is 12.6. The van der Waals surface area contributed by atoms with Crippen molar-refractivity contribution < 1.29 is 28.9 Å². The second-order valence-electron chi connectivity index (χ2n) is 6.08. The second-order valence-corrected chi connectivity index (χ2v) is 6.08. The molecule has 0 radical (unpaired) electrons. The van der Waals surface area contributed by atoms with Crippen LogP contribution >= 0.6 is 0 Å². The standard InChI is InChI=1S/C18H25NO6/c1-11(18(21)22)19(13-6-7-13)16(20)8-5-12-9-14(23-2)17(25-4)15(10-12)24-3/h9-11,13H,5-8H2,1-4H3,(H,21,22). The number of aliphatic carboxylic acids is 1. The number of amides is 1. The molecule has 1 aliphatic carbocycles. The number of nitrogens with zero attached hydrogens (tertiary/aromatic N) is 1. The Kier molecular flexibility index (Phi) is 6.12. The minimum atomic E-state index is -0.979. The number of benzene rings is 1. The Hall–Kier alpha value is -2.44. The summed E-state index contributed by atoms with van der Waals surface area (Å²) in [5.74, 6) is 0.433. The minimum absolute atomic E-state index is 0.0542. The van der Waals surface area contributed by atoms with Crippen LogP contribution in [0, 0.1) is 0 Å². The maximum atomic E-state index is 12.6. The molecule has 1 unspecified atom stereocenters. The Labute approximate surface area is 147 Å². The van der Waals surface area contributed by atoms with E-state index in [2.05, 4.69) is 0 Å². The Morgan fingerprint density at radius 1 is 1.16 bits per heavy atom. The zero-order chi connectivity index (χ0) is 18.6. The van der Waals surface area contributed by atoms with E-state index in [9.17, 15) is 14.7 Å². The van der Waals surface area contributed by atoms with Gasteiger partial charge in [-0.2, -0.15) is 0 Å². The topological polar surface area (TPSA) is 85.3 Å². The van der Waals surface area contributed by atoms with Gasteiger partial charge in [0.25, 0.3) is 0 Å². The molecule has 7 heteroatoms. The van der Waals surface area contributed by atoms with Crippen molar-refractivity contribution in [1.82, 2.24) is 4.90 Å². The van der Waals surface area contributed by atoms with Crippen molar-refractivity contribution in [2.45, 2.75) is 44.7 Å². The van der Waals surface area contributed by atoms with Crippen molar-refractivity contribution in [3.63, 3.8) is 0 Å². The highest BCUT2D eigenvalue weighted by Gasteiger charge is 2.37. The number of carboxylic acids is 1. The molecule has 0 spiro atoms. The Bertz CT molecular complexity index is 615. The lowest BCUT2D eigenvalue weighted by Gasteiger charge is -2.26. The molecule has 2 rings (SSSR count). The van der Waals surface area contributed by atoms with E-state index in [4.69, 9.17) is 14.2 Å². The van der Waals surface area contributed by atoms with Crippen LogP contribution in [0.1, 0.15) is 31.7 Å². The van der Waals surface area contributed by atoms with Crippen molar-refractivity contribution in [2.75, 3.05) is 21.3 Å². The normalized spacial score (nSPS) is 14.6. The van der Waals surface area contributed by atoms with Crippen molar-refractivity contribution in [1.29, 1.82) is 0 Å². The first kappa shape index (κ1) is 18.9. The predicted octanol–water partition coefficient (Wildman–Crippen LogP) is 2.11. The average Bonchev–Trinajstić information content (AvgIpc) is 3.43. The fraction of sp³-hybridized carbons (Fsp3) is 0.556. The first-order valence-electron chi connectivity index (χ1n) is 8.25. The third-order valence-electron chi connectivity index (χ3n) is 4.35. The smallest absolute Gasteiger partial charge is 0.326 e. The lowest BCUT2D eigenvalue weighted by atomic mass is 10.1. The van der Waals surface area contributed by atoms with E-state index in [1.807, 2.05) is 0 Å². The summed E-state index contributed by atoms with van der Waals surface area (Å²) in [5, 5.41) is 9.22. The third kappa shape index (κ3) is 4.35. The van der Waals surface area contributed by atoms with E-state index in [0.717, 1.165) is 18.4 Å². The minimum Gasteiger partial charge on any atom is -0.493 e. The van der Waals surface area contributed by atoms with Crippen LogP contribution in [0.5, 0.6) is 17.2 Å². The lowest BCUT2D eigenvalue weighted by molar-refractivity contribution is -0.150. The van der Waals surface area contributed by atoms with E-state index < -0.39 is 12.0 Å². The molecule has 0 aromatic heterocycles. The van der Waals surface area contributed by atoms with Gasteiger partial charge in [0.15, 0.2) is 11.5 Å². The van der Waals surface area contributed by atoms with E-state index >= 15 is 0 Å². The molecule has 138 valence electrons. The predicted molar refractivity (Wildman–Crippen MR) is 91.4 cm³/mol. The molecule has 1 aliphatic rings. The van der Waals surface area contributed by atoms with Crippen LogP contribution in [0.25, 0.3) is 0 Å². The summed E-state index contributed by atoms with van der Waals surface area (Å²) in [6.07, 6.45) is 2.43. The van der Waals surface area contributed by atoms with Crippen LogP contribution in [0.4, 0.5) is 0 Å². The highest BCUT2D eigenvalue weighted by Crippen LogP contribution is 2.38. The molecule has 25 heavy (non-hydrogen) atoms. The van der Waals surface area contributed by atoms with Gasteiger partial charge in [-0.05, 0) is 43.9 Å². The van der Waals surface area contributed by atoms with Crippen LogP contribution in [0.2, 0.25) is 0 Å². The highest BCUT2D eigenvalue weighted by atomic mass is 16.5. The fourth-order valence-electron chi connectivity index (χ4n) is 2.87. The van der Waals surface area contributed by atoms with E-state index in [1.165, 1.54) is 26.2 Å². The van der Waals surface area contributed by atoms with E-state index in [-0.39, 0.29) is 18.4 Å². The molecule has 0 saturated heterocycles. The molecule has 0 heterocycles. The first-order valence-corrected chi connectivity index (χ1v) is 8.25. The molecule has 1 amide bonds. The van der Waals surface area contributed by atoms with Gasteiger partial charge in [-0.25, -0.2) is 4.79 Å². The number of hydrogen-bond donors (Lipinski definition) is 1. The summed E-state index contributed by atoms with van der Waals surface area (Å²) >= 11 is 0. The van der Waals surface area contributed by atoms with Gasteiger partial charge in [0.1, 0.15) is 6.04 Å². The quantitative estimate of drug-likeness (QED) is 0.733. The molecule has 1 atom stereocenters. The van der Waals surface area contributed by atoms with Gasteiger partial charge in [0.2, 0.25) is 11.7 Å². The van der Waals surface area contributed by atoms with Crippen LogP contribution < -0.4 is 14.2 Å². The molecule has 1 aromatic carbocycles. The Morgan fingerprint density at radius 2 is 1.72 bits per heavy atom. The van der Waals surface area contributed by atoms with Crippen LogP contribution in [-0.2, 0) is 16.0 Å². The van der Waals surface area contributed by atoms with Gasteiger partial charge in [0.05, 0.1) is 21.3 Å². The Balaban J connectivity index is 2.11. The van der Waals surface area contributed by atoms with Gasteiger partial charge in [0, 0.05) is 12.5 Å². The number of rotatable bonds is 9. The lowest BCUT2D eigenvalue weighted by Crippen LogP contribution is -2.44. The van der Waals surface area contributed by atoms with Gasteiger partial charge in [-0.15, -0.1) is 0 Å². The maximum Gasteiger partial charge on any atom is 0.326 e. The van der Waals surface area contributed by atoms with Crippen LogP contribution in [-0.4, -0.2) is 55.3 Å². The van der Waals surface area contributed by atoms with Gasteiger partial charge >= 0.3 is 5.97 Å². The average molecular weight is 351 g/mol. The zero-order valence-corrected chi connectivity index (χ0v) is 15.1. The number of carbonyl (C=O) groups excluding carboxylic acids is 1. The summed E-state index contributed by atoms with van der Waals surface area (Å²) in [4.78, 5) is 25.3. The third-order valence-corrected chi connectivity index (χ3v) is 4.35. The number of carboxylic acid groups (broad SMARTS) is 1.